The highest BCUT2D eigenvalue weighted by Crippen LogP contribution is 2.60. The van der Waals surface area contributed by atoms with Crippen molar-refractivity contribution in [2.75, 3.05) is 25.6 Å². The van der Waals surface area contributed by atoms with E-state index in [0.29, 0.717) is 12.8 Å². The van der Waals surface area contributed by atoms with Gasteiger partial charge < -0.3 is 50.2 Å². The normalized spacial score (nSPS) is 20.3. The van der Waals surface area contributed by atoms with Crippen molar-refractivity contribution in [3.05, 3.63) is 59.2 Å². The Kier molecular flexibility index (Phi) is 34.0. The van der Waals surface area contributed by atoms with Gasteiger partial charge >= 0.3 is 33.3 Å². The fraction of sp³-hybridized carbons (Fsp3) is 0.760. The van der Waals surface area contributed by atoms with E-state index in [2.05, 4.69) is 48.3 Å². The summed E-state index contributed by atoms with van der Waals surface area (Å²) in [4.78, 5) is 62.0. The number of rotatable bonds is 42. The zero-order valence-corrected chi connectivity index (χ0v) is 44.7. The van der Waals surface area contributed by atoms with Gasteiger partial charge in [-0.1, -0.05) is 147 Å². The standard InChI is InChI=1S/C50H87N3O17P2/c1-4-5-6-7-8-9-10-14-17-20-23-26-30-41(54)42(55)31-28-33-46(57)68-40(36-65-45(56)32-27-24-21-18-15-12-11-13-16-19-22-25-29-39(2)3)37-66-71(61,62)70-72(63,64)67-38-43-47(58)48(59)49(69-43)53-35-34-44(51)52-50(53)60/h8-9,14,17,23,26,34-35,39-43,47-49,54-55,58-59H,4-7,10-13,15-16,18-22,24-25,27-33,36-38H2,1-3H3,(H,61,62)(H,63,64)(H2,51,52,60)/b9-8-,17-14-,26-23-/t40-,41?,42?,43-,47-,48-,49-/m1/s1. The molecule has 0 aromatic carbocycles. The highest BCUT2D eigenvalue weighted by Gasteiger charge is 2.46. The first-order valence-corrected chi connectivity index (χ1v) is 29.0. The van der Waals surface area contributed by atoms with Crippen LogP contribution in [-0.4, -0.2) is 108 Å². The largest absolute Gasteiger partial charge is 0.481 e. The highest BCUT2D eigenvalue weighted by molar-refractivity contribution is 7.61. The number of aliphatic hydroxyl groups is 4. The lowest BCUT2D eigenvalue weighted by Crippen LogP contribution is -2.36. The number of phosphoric ester groups is 2. The van der Waals surface area contributed by atoms with Gasteiger partial charge in [-0.05, 0) is 63.4 Å². The molecule has 0 bridgehead atoms. The number of aliphatic hydroxyl groups excluding tert-OH is 4. The second-order valence-electron chi connectivity index (χ2n) is 18.8. The Morgan fingerprint density at radius 3 is 1.96 bits per heavy atom. The van der Waals surface area contributed by atoms with Crippen LogP contribution in [0, 0.1) is 5.92 Å². The smallest absolute Gasteiger partial charge is 0.462 e. The number of aromatic nitrogens is 2. The summed E-state index contributed by atoms with van der Waals surface area (Å²) in [6, 6.07) is 1.23. The minimum Gasteiger partial charge on any atom is -0.462 e. The average Bonchev–Trinajstić information content (AvgIpc) is 3.60. The molecule has 0 amide bonds. The topological polar surface area (TPSA) is 306 Å². The van der Waals surface area contributed by atoms with Crippen LogP contribution in [0.15, 0.2) is 53.5 Å². The van der Waals surface area contributed by atoms with Crippen LogP contribution in [0.3, 0.4) is 0 Å². The molecule has 2 rings (SSSR count). The summed E-state index contributed by atoms with van der Waals surface area (Å²) in [5.74, 6) is -0.829. The zero-order valence-electron chi connectivity index (χ0n) is 42.9. The number of hydrogen-bond donors (Lipinski definition) is 7. The molecule has 1 aromatic rings. The third-order valence-electron chi connectivity index (χ3n) is 11.9. The Labute approximate surface area is 426 Å². The van der Waals surface area contributed by atoms with Gasteiger partial charge in [0, 0.05) is 19.0 Å². The molecule has 1 fully saturated rings. The van der Waals surface area contributed by atoms with E-state index in [0.717, 1.165) is 55.2 Å². The van der Waals surface area contributed by atoms with E-state index >= 15 is 0 Å². The molecule has 0 aliphatic carbocycles. The van der Waals surface area contributed by atoms with Crippen molar-refractivity contribution in [1.82, 2.24) is 9.55 Å². The number of esters is 2. The predicted octanol–water partition coefficient (Wildman–Crippen LogP) is 8.58. The number of nitrogens with zero attached hydrogens (tertiary/aromatic N) is 2. The fourth-order valence-corrected chi connectivity index (χ4v) is 9.77. The number of hydrogen-bond acceptors (Lipinski definition) is 17. The van der Waals surface area contributed by atoms with Crippen molar-refractivity contribution < 1.29 is 76.5 Å². The number of carbonyl (C=O) groups excluding carboxylic acids is 2. The van der Waals surface area contributed by atoms with Crippen LogP contribution in [-0.2, 0) is 46.3 Å². The lowest BCUT2D eigenvalue weighted by Gasteiger charge is -2.22. The van der Waals surface area contributed by atoms with Gasteiger partial charge in [-0.2, -0.15) is 9.29 Å². The number of allylic oxidation sites excluding steroid dienone is 5. The monoisotopic (exact) mass is 1060 g/mol. The number of phosphoric acid groups is 2. The summed E-state index contributed by atoms with van der Waals surface area (Å²) >= 11 is 0. The molecule has 0 spiro atoms. The quantitative estimate of drug-likeness (QED) is 0.0139. The zero-order chi connectivity index (χ0) is 53.2. The van der Waals surface area contributed by atoms with E-state index in [1.54, 1.807) is 6.08 Å². The van der Waals surface area contributed by atoms with Crippen LogP contribution >= 0.6 is 15.6 Å². The van der Waals surface area contributed by atoms with Gasteiger partial charge in [-0.15, -0.1) is 0 Å². The maximum atomic E-state index is 12.9. The molecule has 20 nitrogen and oxygen atoms in total. The van der Waals surface area contributed by atoms with E-state index in [1.165, 1.54) is 76.7 Å². The first-order valence-electron chi connectivity index (χ1n) is 26.0. The summed E-state index contributed by atoms with van der Waals surface area (Å²) in [7, 11) is -11.0. The summed E-state index contributed by atoms with van der Waals surface area (Å²) in [5, 5.41) is 41.9. The Balaban J connectivity index is 1.86. The molecular weight excluding hydrogens is 977 g/mol. The van der Waals surface area contributed by atoms with Crippen LogP contribution in [0.1, 0.15) is 181 Å². The van der Waals surface area contributed by atoms with E-state index < -0.39 is 95.9 Å². The Hall–Kier alpha value is -3.10. The maximum absolute atomic E-state index is 12.9. The lowest BCUT2D eigenvalue weighted by molar-refractivity contribution is -0.161. The number of unbranched alkanes of at least 4 members (excludes halogenated alkanes) is 14. The molecule has 0 radical (unpaired) electrons. The SMILES string of the molecule is CCCCC/C=C\C/C=C\C/C=C\CC(O)C(O)CCCC(=O)O[C@H](COC(=O)CCCCCCCCCCCCCCC(C)C)COP(=O)(O)OP(=O)(O)OC[C@H]1O[C@@H](n2ccc(N)nc2=O)[C@H](O)[C@@H]1O. The van der Waals surface area contributed by atoms with Crippen LogP contribution in [0.2, 0.25) is 0 Å². The number of anilines is 1. The Morgan fingerprint density at radius 1 is 0.750 bits per heavy atom. The number of nitrogen functional groups attached to an aromatic ring is 1. The number of ether oxygens (including phenoxy) is 3. The van der Waals surface area contributed by atoms with Crippen molar-refractivity contribution in [1.29, 1.82) is 0 Å². The molecule has 1 aromatic heterocycles. The molecule has 2 heterocycles. The van der Waals surface area contributed by atoms with Crippen molar-refractivity contribution in [2.24, 2.45) is 5.92 Å². The summed E-state index contributed by atoms with van der Waals surface area (Å²) in [6.07, 6.45) is 23.9. The molecule has 414 valence electrons. The van der Waals surface area contributed by atoms with Gasteiger partial charge in [0.05, 0.1) is 25.4 Å². The summed E-state index contributed by atoms with van der Waals surface area (Å²) in [5.41, 5.74) is 4.56. The molecule has 4 unspecified atom stereocenters. The summed E-state index contributed by atoms with van der Waals surface area (Å²) in [6.45, 7) is 4.15. The van der Waals surface area contributed by atoms with Gasteiger partial charge in [-0.3, -0.25) is 23.2 Å². The van der Waals surface area contributed by atoms with Gasteiger partial charge in [0.1, 0.15) is 30.7 Å². The molecular formula is C50H87N3O17P2. The van der Waals surface area contributed by atoms with Crippen LogP contribution in [0.5, 0.6) is 0 Å². The van der Waals surface area contributed by atoms with Crippen molar-refractivity contribution >= 4 is 33.4 Å². The van der Waals surface area contributed by atoms with E-state index in [-0.39, 0.29) is 37.9 Å². The Bertz CT molecular complexity index is 1900. The molecule has 0 saturated carbocycles. The first kappa shape index (κ1) is 65.0. The third kappa shape index (κ3) is 30.3. The average molecular weight is 1060 g/mol. The molecule has 9 atom stereocenters. The number of carbonyl (C=O) groups is 2. The van der Waals surface area contributed by atoms with Crippen LogP contribution < -0.4 is 11.4 Å². The number of nitrogens with two attached hydrogens (primary N) is 1. The fourth-order valence-electron chi connectivity index (χ4n) is 7.66. The van der Waals surface area contributed by atoms with Gasteiger partial charge in [-0.25, -0.2) is 13.9 Å². The molecule has 1 aliphatic heterocycles. The summed E-state index contributed by atoms with van der Waals surface area (Å²) < 4.78 is 56.6. The van der Waals surface area contributed by atoms with E-state index in [1.807, 2.05) is 12.2 Å². The highest BCUT2D eigenvalue weighted by atomic mass is 31.3. The molecule has 1 aliphatic rings. The lowest BCUT2D eigenvalue weighted by atomic mass is 10.0. The van der Waals surface area contributed by atoms with Crippen molar-refractivity contribution in [3.63, 3.8) is 0 Å². The molecule has 8 N–H and O–H groups in total. The van der Waals surface area contributed by atoms with Crippen molar-refractivity contribution in [2.45, 2.75) is 218 Å². The second kappa shape index (κ2) is 37.6. The second-order valence-corrected chi connectivity index (χ2v) is 21.9. The van der Waals surface area contributed by atoms with Gasteiger partial charge in [0.25, 0.3) is 0 Å². The molecule has 1 saturated heterocycles. The Morgan fingerprint density at radius 2 is 1.33 bits per heavy atom. The first-order chi connectivity index (χ1) is 34.3. The van der Waals surface area contributed by atoms with E-state index in [9.17, 15) is 53.7 Å². The van der Waals surface area contributed by atoms with Crippen LogP contribution in [0.4, 0.5) is 5.82 Å². The van der Waals surface area contributed by atoms with Crippen LogP contribution in [0.25, 0.3) is 0 Å². The van der Waals surface area contributed by atoms with Gasteiger partial charge in [0.15, 0.2) is 12.3 Å². The molecule has 72 heavy (non-hydrogen) atoms. The minimum atomic E-state index is -5.50. The van der Waals surface area contributed by atoms with E-state index in [4.69, 9.17) is 29.0 Å². The minimum absolute atomic E-state index is 0.0363. The maximum Gasteiger partial charge on any atom is 0.481 e. The van der Waals surface area contributed by atoms with Crippen molar-refractivity contribution in [3.8, 4) is 0 Å². The molecule has 22 heteroatoms. The predicted molar refractivity (Wildman–Crippen MR) is 273 cm³/mol. The third-order valence-corrected chi connectivity index (χ3v) is 14.5. The van der Waals surface area contributed by atoms with Gasteiger partial charge in [0.2, 0.25) is 0 Å².